The highest BCUT2D eigenvalue weighted by molar-refractivity contribution is 5.64. The number of rotatable bonds is 1. The van der Waals surface area contributed by atoms with Gasteiger partial charge in [-0.2, -0.15) is 0 Å². The van der Waals surface area contributed by atoms with Crippen LogP contribution in [0.5, 0.6) is 0 Å². The van der Waals surface area contributed by atoms with Crippen molar-refractivity contribution < 1.29 is 4.92 Å². The highest BCUT2D eigenvalue weighted by atomic mass is 16.6. The molecule has 1 rings (SSSR count). The average Bonchev–Trinajstić information content (AvgIpc) is 1.94. The van der Waals surface area contributed by atoms with Crippen molar-refractivity contribution in [2.75, 3.05) is 5.73 Å². The molecule has 0 aromatic heterocycles. The van der Waals surface area contributed by atoms with Gasteiger partial charge in [0.25, 0.3) is 5.69 Å². The van der Waals surface area contributed by atoms with Crippen LogP contribution < -0.4 is 11.5 Å². The minimum absolute atomic E-state index is 0.0146. The lowest BCUT2D eigenvalue weighted by molar-refractivity contribution is -0.384. The van der Waals surface area contributed by atoms with Crippen LogP contribution in [-0.2, 0) is 0 Å². The van der Waals surface area contributed by atoms with Crippen molar-refractivity contribution in [1.29, 1.82) is 0 Å². The first kappa shape index (κ1) is 7.33. The van der Waals surface area contributed by atoms with Crippen molar-refractivity contribution in [2.24, 2.45) is 0 Å². The molecule has 57 valence electrons. The molecule has 0 spiro atoms. The van der Waals surface area contributed by atoms with Gasteiger partial charge in [-0.25, -0.2) is 0 Å². The summed E-state index contributed by atoms with van der Waals surface area (Å²) in [6.45, 7) is 0. The SMILES string of the molecule is [NH]c1cc([N+](=O)[O-])ccc1N. The van der Waals surface area contributed by atoms with E-state index in [1.165, 1.54) is 12.1 Å². The molecular formula is C6H6N3O2. The average molecular weight is 152 g/mol. The molecule has 0 unspecified atom stereocenters. The Balaban J connectivity index is 3.15. The highest BCUT2D eigenvalue weighted by Crippen LogP contribution is 2.21. The van der Waals surface area contributed by atoms with Gasteiger partial charge in [0.05, 0.1) is 16.3 Å². The summed E-state index contributed by atoms with van der Waals surface area (Å²) in [5.41, 5.74) is 12.5. The molecule has 0 amide bonds. The molecule has 11 heavy (non-hydrogen) atoms. The molecule has 0 atom stereocenters. The van der Waals surface area contributed by atoms with Crippen LogP contribution >= 0.6 is 0 Å². The van der Waals surface area contributed by atoms with E-state index in [1.807, 2.05) is 0 Å². The number of nitrogens with zero attached hydrogens (tertiary/aromatic N) is 1. The third-order valence-electron chi connectivity index (χ3n) is 1.25. The Morgan fingerprint density at radius 2 is 2.18 bits per heavy atom. The van der Waals surface area contributed by atoms with Gasteiger partial charge in [-0.1, -0.05) is 0 Å². The van der Waals surface area contributed by atoms with Gasteiger partial charge in [0.15, 0.2) is 0 Å². The molecule has 1 aromatic carbocycles. The van der Waals surface area contributed by atoms with Crippen molar-refractivity contribution in [3.05, 3.63) is 28.3 Å². The van der Waals surface area contributed by atoms with E-state index in [4.69, 9.17) is 11.5 Å². The summed E-state index contributed by atoms with van der Waals surface area (Å²) in [4.78, 5) is 9.59. The zero-order valence-electron chi connectivity index (χ0n) is 5.57. The first-order chi connectivity index (χ1) is 5.11. The van der Waals surface area contributed by atoms with Gasteiger partial charge < -0.3 is 5.73 Å². The number of nitro benzene ring substituents is 1. The van der Waals surface area contributed by atoms with Gasteiger partial charge in [0.2, 0.25) is 0 Å². The standard InChI is InChI=1S/C6H6N3O2/c7-5-2-1-4(9(10)11)3-6(5)8/h1-3,8H,7H2. The van der Waals surface area contributed by atoms with Crippen LogP contribution in [0.25, 0.3) is 0 Å². The van der Waals surface area contributed by atoms with Gasteiger partial charge in [0.1, 0.15) is 0 Å². The van der Waals surface area contributed by atoms with Crippen molar-refractivity contribution in [2.45, 2.75) is 0 Å². The van der Waals surface area contributed by atoms with Gasteiger partial charge in [0, 0.05) is 12.1 Å². The van der Waals surface area contributed by atoms with Crippen molar-refractivity contribution in [3.63, 3.8) is 0 Å². The van der Waals surface area contributed by atoms with Crippen LogP contribution in [-0.4, -0.2) is 4.92 Å². The lowest BCUT2D eigenvalue weighted by Gasteiger charge is -1.96. The van der Waals surface area contributed by atoms with Crippen molar-refractivity contribution in [1.82, 2.24) is 5.73 Å². The molecule has 0 aliphatic heterocycles. The minimum Gasteiger partial charge on any atom is -0.397 e. The second kappa shape index (κ2) is 2.45. The maximum absolute atomic E-state index is 10.1. The summed E-state index contributed by atoms with van der Waals surface area (Å²) in [5.74, 6) is 0. The highest BCUT2D eigenvalue weighted by Gasteiger charge is 2.06. The second-order valence-electron chi connectivity index (χ2n) is 2.03. The van der Waals surface area contributed by atoms with Crippen molar-refractivity contribution in [3.8, 4) is 0 Å². The molecule has 0 fully saturated rings. The normalized spacial score (nSPS) is 9.45. The van der Waals surface area contributed by atoms with Gasteiger partial charge in [-0.05, 0) is 6.07 Å². The Bertz CT molecular complexity index is 298. The van der Waals surface area contributed by atoms with E-state index in [0.29, 0.717) is 0 Å². The third kappa shape index (κ3) is 1.37. The van der Waals surface area contributed by atoms with E-state index in [0.717, 1.165) is 6.07 Å². The molecule has 1 radical (unpaired) electrons. The van der Waals surface area contributed by atoms with Gasteiger partial charge in [-0.3, -0.25) is 15.8 Å². The maximum Gasteiger partial charge on any atom is 0.271 e. The van der Waals surface area contributed by atoms with E-state index < -0.39 is 4.92 Å². The van der Waals surface area contributed by atoms with E-state index in [9.17, 15) is 10.1 Å². The van der Waals surface area contributed by atoms with Crippen LogP contribution in [0, 0.1) is 10.1 Å². The molecule has 0 saturated heterocycles. The largest absolute Gasteiger partial charge is 0.397 e. The molecule has 0 aliphatic carbocycles. The summed E-state index contributed by atoms with van der Waals surface area (Å²) < 4.78 is 0. The summed E-state index contributed by atoms with van der Waals surface area (Å²) in [6, 6.07) is 3.74. The smallest absolute Gasteiger partial charge is 0.271 e. The number of hydrogen-bond acceptors (Lipinski definition) is 3. The first-order valence-corrected chi connectivity index (χ1v) is 2.87. The Kier molecular flexibility index (Phi) is 1.63. The number of non-ortho nitro benzene ring substituents is 1. The Morgan fingerprint density at radius 3 is 2.64 bits per heavy atom. The number of benzene rings is 1. The summed E-state index contributed by atoms with van der Waals surface area (Å²) >= 11 is 0. The van der Waals surface area contributed by atoms with E-state index in [2.05, 4.69) is 0 Å². The molecule has 5 nitrogen and oxygen atoms in total. The minimum atomic E-state index is -0.558. The molecule has 1 aromatic rings. The fraction of sp³-hybridized carbons (Fsp3) is 0. The number of nitro groups is 1. The van der Waals surface area contributed by atoms with Crippen LogP contribution in [0.4, 0.5) is 17.1 Å². The number of nitrogen functional groups attached to an aromatic ring is 1. The van der Waals surface area contributed by atoms with E-state index >= 15 is 0 Å². The monoisotopic (exact) mass is 152 g/mol. The van der Waals surface area contributed by atoms with Crippen LogP contribution in [0.1, 0.15) is 0 Å². The Labute approximate surface area is 62.8 Å². The van der Waals surface area contributed by atoms with Crippen LogP contribution in [0.3, 0.4) is 0 Å². The Morgan fingerprint density at radius 1 is 1.55 bits per heavy atom. The lowest BCUT2D eigenvalue weighted by Crippen LogP contribution is -1.91. The summed E-state index contributed by atoms with van der Waals surface area (Å²) in [5, 5.41) is 10.1. The number of nitrogens with two attached hydrogens (primary N) is 1. The number of anilines is 1. The molecule has 0 heterocycles. The maximum atomic E-state index is 10.1. The van der Waals surface area contributed by atoms with Crippen LogP contribution in [0.2, 0.25) is 0 Å². The molecule has 0 bridgehead atoms. The molecular weight excluding hydrogens is 146 g/mol. The summed E-state index contributed by atoms with van der Waals surface area (Å²) in [6.07, 6.45) is 0. The fourth-order valence-corrected chi connectivity index (χ4v) is 0.658. The van der Waals surface area contributed by atoms with Crippen LogP contribution in [0.15, 0.2) is 18.2 Å². The first-order valence-electron chi connectivity index (χ1n) is 2.87. The molecule has 5 heteroatoms. The zero-order chi connectivity index (χ0) is 8.43. The lowest BCUT2D eigenvalue weighted by atomic mass is 10.2. The topological polar surface area (TPSA) is 93.0 Å². The predicted molar refractivity (Wildman–Crippen MR) is 40.3 cm³/mol. The number of hydrogen-bond donors (Lipinski definition) is 1. The van der Waals surface area contributed by atoms with Crippen molar-refractivity contribution >= 4 is 17.1 Å². The molecule has 3 N–H and O–H groups in total. The van der Waals surface area contributed by atoms with Gasteiger partial charge in [-0.15, -0.1) is 0 Å². The zero-order valence-corrected chi connectivity index (χ0v) is 5.57. The quantitative estimate of drug-likeness (QED) is 0.370. The van der Waals surface area contributed by atoms with Gasteiger partial charge >= 0.3 is 0 Å². The predicted octanol–water partition coefficient (Wildman–Crippen LogP) is 1.09. The van der Waals surface area contributed by atoms with E-state index in [1.54, 1.807) is 0 Å². The summed E-state index contributed by atoms with van der Waals surface area (Å²) in [7, 11) is 0. The molecule has 0 aliphatic rings. The second-order valence-corrected chi connectivity index (χ2v) is 2.03. The third-order valence-corrected chi connectivity index (χ3v) is 1.25. The Hall–Kier alpha value is -1.78. The number of nitrogens with one attached hydrogen (secondary N) is 1. The molecule has 0 saturated carbocycles. The van der Waals surface area contributed by atoms with E-state index in [-0.39, 0.29) is 17.1 Å². The fourth-order valence-electron chi connectivity index (χ4n) is 0.658.